The molecule has 2 fully saturated rings. The van der Waals surface area contributed by atoms with E-state index < -0.39 is 11.7 Å². The van der Waals surface area contributed by atoms with Crippen LogP contribution in [0, 0.1) is 5.82 Å². The molecule has 2 N–H and O–H groups in total. The number of rotatable bonds is 8. The highest BCUT2D eigenvalue weighted by Crippen LogP contribution is 2.14. The number of piperazine rings is 1. The Morgan fingerprint density at radius 3 is 2.47 bits per heavy atom. The first-order chi connectivity index (χ1) is 15.5. The van der Waals surface area contributed by atoms with Gasteiger partial charge < -0.3 is 19.7 Å². The minimum absolute atomic E-state index is 0.170. The number of nitrogens with zero attached hydrogens (tertiary/aromatic N) is 4. The van der Waals surface area contributed by atoms with E-state index in [2.05, 4.69) is 25.0 Å². The smallest absolute Gasteiger partial charge is 0.277 e. The van der Waals surface area contributed by atoms with Gasteiger partial charge in [-0.15, -0.1) is 0 Å². The van der Waals surface area contributed by atoms with Gasteiger partial charge in [-0.3, -0.25) is 14.6 Å². The number of piperidine rings is 1. The van der Waals surface area contributed by atoms with E-state index >= 15 is 0 Å². The number of β-amino-alcohol motifs (C(OH)–C–C–N with tert-alkyl or cyclic N) is 1. The monoisotopic (exact) mass is 445 g/mol. The second kappa shape index (κ2) is 11.0. The van der Waals surface area contributed by atoms with Crippen LogP contribution in [0.5, 0.6) is 0 Å². The number of halogens is 1. The van der Waals surface area contributed by atoms with Crippen LogP contribution in [0.25, 0.3) is 0 Å². The van der Waals surface area contributed by atoms with E-state index in [-0.39, 0.29) is 11.8 Å². The highest BCUT2D eigenvalue weighted by Gasteiger charge is 2.23. The Kier molecular flexibility index (Phi) is 7.85. The lowest BCUT2D eigenvalue weighted by molar-refractivity contribution is 0.0434. The van der Waals surface area contributed by atoms with Gasteiger partial charge in [0, 0.05) is 45.0 Å². The van der Waals surface area contributed by atoms with Crippen molar-refractivity contribution in [2.75, 3.05) is 57.7 Å². The molecule has 1 aromatic heterocycles. The Morgan fingerprint density at radius 1 is 1.06 bits per heavy atom. The van der Waals surface area contributed by atoms with Crippen molar-refractivity contribution < 1.29 is 18.7 Å². The standard InChI is InChI=1S/C23H32FN5O3/c24-18-5-4-6-19(13-18)25-23(31)21-17-32-22(26-21)16-29-11-9-28(10-12-29)15-20(30)14-27-7-2-1-3-8-27/h4-6,13,17,20,30H,1-3,7-12,14-16H2,(H,25,31)/t20-/m0/s1. The maximum absolute atomic E-state index is 13.3. The number of carbonyl (C=O) groups is 1. The number of amides is 1. The summed E-state index contributed by atoms with van der Waals surface area (Å²) in [6.07, 6.45) is 4.79. The molecule has 0 aliphatic carbocycles. The van der Waals surface area contributed by atoms with Crippen molar-refractivity contribution in [1.29, 1.82) is 0 Å². The quantitative estimate of drug-likeness (QED) is 0.643. The normalized spacial score (nSPS) is 19.7. The summed E-state index contributed by atoms with van der Waals surface area (Å²) in [7, 11) is 0. The molecule has 4 rings (SSSR count). The summed E-state index contributed by atoms with van der Waals surface area (Å²) in [4.78, 5) is 23.5. The molecule has 2 aromatic rings. The largest absolute Gasteiger partial charge is 0.447 e. The lowest BCUT2D eigenvalue weighted by Crippen LogP contribution is -2.50. The molecule has 1 aromatic carbocycles. The van der Waals surface area contributed by atoms with E-state index in [1.54, 1.807) is 6.07 Å². The van der Waals surface area contributed by atoms with Gasteiger partial charge in [-0.1, -0.05) is 12.5 Å². The number of hydrogen-bond acceptors (Lipinski definition) is 7. The van der Waals surface area contributed by atoms with Gasteiger partial charge in [0.05, 0.1) is 12.6 Å². The van der Waals surface area contributed by atoms with E-state index in [1.165, 1.54) is 43.7 Å². The van der Waals surface area contributed by atoms with Crippen molar-refractivity contribution in [1.82, 2.24) is 19.7 Å². The van der Waals surface area contributed by atoms with Crippen LogP contribution in [0.1, 0.15) is 35.6 Å². The Bertz CT molecular complexity index is 878. The molecule has 3 heterocycles. The van der Waals surface area contributed by atoms with Crippen LogP contribution in [0.4, 0.5) is 10.1 Å². The SMILES string of the molecule is O=C(Nc1cccc(F)c1)c1coc(CN2CCN(C[C@@H](O)CN3CCCCC3)CC2)n1. The molecule has 2 saturated heterocycles. The number of hydrogen-bond donors (Lipinski definition) is 2. The molecule has 32 heavy (non-hydrogen) atoms. The number of likely N-dealkylation sites (tertiary alicyclic amines) is 1. The summed E-state index contributed by atoms with van der Waals surface area (Å²) in [5, 5.41) is 13.1. The first kappa shape index (κ1) is 22.8. The van der Waals surface area contributed by atoms with Crippen molar-refractivity contribution in [2.24, 2.45) is 0 Å². The summed E-state index contributed by atoms with van der Waals surface area (Å²) in [6.45, 7) is 7.65. The van der Waals surface area contributed by atoms with Gasteiger partial charge in [0.25, 0.3) is 5.91 Å². The molecule has 0 unspecified atom stereocenters. The summed E-state index contributed by atoms with van der Waals surface area (Å²) < 4.78 is 18.8. The molecule has 1 amide bonds. The summed E-state index contributed by atoms with van der Waals surface area (Å²) in [5.74, 6) is -0.368. The summed E-state index contributed by atoms with van der Waals surface area (Å²) >= 11 is 0. The van der Waals surface area contributed by atoms with Crippen LogP contribution in [-0.2, 0) is 6.54 Å². The summed E-state index contributed by atoms with van der Waals surface area (Å²) in [5.41, 5.74) is 0.543. The number of anilines is 1. The number of carbonyl (C=O) groups excluding carboxylic acids is 1. The molecule has 0 bridgehead atoms. The Hall–Kier alpha value is -2.33. The fourth-order valence-electron chi connectivity index (χ4n) is 4.37. The molecular weight excluding hydrogens is 413 g/mol. The highest BCUT2D eigenvalue weighted by molar-refractivity contribution is 6.02. The van der Waals surface area contributed by atoms with Crippen LogP contribution >= 0.6 is 0 Å². The van der Waals surface area contributed by atoms with Crippen molar-refractivity contribution in [2.45, 2.75) is 31.9 Å². The van der Waals surface area contributed by atoms with Gasteiger partial charge in [0.15, 0.2) is 5.69 Å². The van der Waals surface area contributed by atoms with Crippen molar-refractivity contribution in [3.8, 4) is 0 Å². The van der Waals surface area contributed by atoms with Crippen molar-refractivity contribution in [3.05, 3.63) is 47.9 Å². The minimum atomic E-state index is -0.432. The van der Waals surface area contributed by atoms with E-state index in [4.69, 9.17) is 4.42 Å². The van der Waals surface area contributed by atoms with Gasteiger partial charge in [-0.25, -0.2) is 9.37 Å². The van der Waals surface area contributed by atoms with Crippen LogP contribution in [0.3, 0.4) is 0 Å². The molecule has 1 atom stereocenters. The first-order valence-corrected chi connectivity index (χ1v) is 11.4. The van der Waals surface area contributed by atoms with Gasteiger partial charge in [-0.05, 0) is 44.1 Å². The zero-order valence-electron chi connectivity index (χ0n) is 18.4. The van der Waals surface area contributed by atoms with Crippen LogP contribution in [-0.4, -0.2) is 89.2 Å². The molecule has 2 aliphatic rings. The van der Waals surface area contributed by atoms with Crippen LogP contribution in [0.15, 0.2) is 34.9 Å². The summed E-state index contributed by atoms with van der Waals surface area (Å²) in [6, 6.07) is 5.72. The van der Waals surface area contributed by atoms with Crippen LogP contribution < -0.4 is 5.32 Å². The van der Waals surface area contributed by atoms with E-state index in [9.17, 15) is 14.3 Å². The lowest BCUT2D eigenvalue weighted by Gasteiger charge is -2.36. The molecule has 8 nitrogen and oxygen atoms in total. The van der Waals surface area contributed by atoms with Crippen molar-refractivity contribution in [3.63, 3.8) is 0 Å². The van der Waals surface area contributed by atoms with Gasteiger partial charge >= 0.3 is 0 Å². The second-order valence-corrected chi connectivity index (χ2v) is 8.68. The predicted octanol–water partition coefficient (Wildman–Crippen LogP) is 2.03. The van der Waals surface area contributed by atoms with Crippen LogP contribution in [0.2, 0.25) is 0 Å². The van der Waals surface area contributed by atoms with E-state index in [1.807, 2.05) is 0 Å². The lowest BCUT2D eigenvalue weighted by atomic mass is 10.1. The fourth-order valence-corrected chi connectivity index (χ4v) is 4.37. The number of benzene rings is 1. The third kappa shape index (κ3) is 6.59. The zero-order chi connectivity index (χ0) is 22.3. The number of aromatic nitrogens is 1. The molecule has 2 aliphatic heterocycles. The topological polar surface area (TPSA) is 85.1 Å². The Morgan fingerprint density at radius 2 is 1.75 bits per heavy atom. The maximum atomic E-state index is 13.3. The molecule has 0 spiro atoms. The Balaban J connectivity index is 1.19. The maximum Gasteiger partial charge on any atom is 0.277 e. The average molecular weight is 446 g/mol. The average Bonchev–Trinajstić information content (AvgIpc) is 3.24. The van der Waals surface area contributed by atoms with Gasteiger partial charge in [-0.2, -0.15) is 0 Å². The van der Waals surface area contributed by atoms with Crippen molar-refractivity contribution >= 4 is 11.6 Å². The minimum Gasteiger partial charge on any atom is -0.447 e. The first-order valence-electron chi connectivity index (χ1n) is 11.4. The molecule has 9 heteroatoms. The molecule has 0 saturated carbocycles. The number of aliphatic hydroxyl groups excluding tert-OH is 1. The third-order valence-corrected chi connectivity index (χ3v) is 6.08. The highest BCUT2D eigenvalue weighted by atomic mass is 19.1. The number of aliphatic hydroxyl groups is 1. The van der Waals surface area contributed by atoms with Gasteiger partial charge in [0.2, 0.25) is 5.89 Å². The molecule has 0 radical (unpaired) electrons. The van der Waals surface area contributed by atoms with E-state index in [0.29, 0.717) is 24.7 Å². The third-order valence-electron chi connectivity index (χ3n) is 6.08. The predicted molar refractivity (Wildman–Crippen MR) is 119 cm³/mol. The number of nitrogens with one attached hydrogen (secondary N) is 1. The number of oxazole rings is 1. The second-order valence-electron chi connectivity index (χ2n) is 8.68. The zero-order valence-corrected chi connectivity index (χ0v) is 18.4. The molecular formula is C23H32FN5O3. The van der Waals surface area contributed by atoms with E-state index in [0.717, 1.165) is 45.8 Å². The van der Waals surface area contributed by atoms with Gasteiger partial charge in [0.1, 0.15) is 12.1 Å². The Labute approximate surface area is 188 Å². The molecule has 174 valence electrons. The fraction of sp³-hybridized carbons (Fsp3) is 0.565.